The number of amides is 3. The van der Waals surface area contributed by atoms with E-state index in [1.807, 2.05) is 19.1 Å². The Bertz CT molecular complexity index is 568. The maximum absolute atomic E-state index is 11.9. The van der Waals surface area contributed by atoms with Crippen LogP contribution >= 0.6 is 0 Å². The summed E-state index contributed by atoms with van der Waals surface area (Å²) in [6, 6.07) is 7.53. The zero-order valence-corrected chi connectivity index (χ0v) is 12.6. The summed E-state index contributed by atoms with van der Waals surface area (Å²) in [7, 11) is 0. The quantitative estimate of drug-likeness (QED) is 0.686. The summed E-state index contributed by atoms with van der Waals surface area (Å²) in [5.74, 6) is -0.627. The zero-order valence-electron chi connectivity index (χ0n) is 12.6. The largest absolute Gasteiger partial charge is 0.352 e. The molecule has 1 saturated carbocycles. The minimum absolute atomic E-state index is 0.0127. The molecular weight excluding hydrogens is 282 g/mol. The van der Waals surface area contributed by atoms with Gasteiger partial charge in [-0.3, -0.25) is 14.4 Å². The second-order valence-corrected chi connectivity index (χ2v) is 5.49. The molecule has 0 bridgehead atoms. The Kier molecular flexibility index (Phi) is 5.52. The topological polar surface area (TPSA) is 87.3 Å². The van der Waals surface area contributed by atoms with Crippen molar-refractivity contribution >= 4 is 17.7 Å². The van der Waals surface area contributed by atoms with Crippen LogP contribution < -0.4 is 16.0 Å². The summed E-state index contributed by atoms with van der Waals surface area (Å²) in [6.07, 6.45) is 2.18. The van der Waals surface area contributed by atoms with Gasteiger partial charge < -0.3 is 16.0 Å². The molecule has 0 heterocycles. The molecule has 0 aromatic heterocycles. The van der Waals surface area contributed by atoms with Gasteiger partial charge in [0.1, 0.15) is 0 Å². The molecule has 118 valence electrons. The molecule has 0 spiro atoms. The van der Waals surface area contributed by atoms with E-state index in [0.29, 0.717) is 5.56 Å². The molecule has 1 aliphatic carbocycles. The Morgan fingerprint density at radius 3 is 2.59 bits per heavy atom. The van der Waals surface area contributed by atoms with Gasteiger partial charge in [0.2, 0.25) is 11.8 Å². The highest BCUT2D eigenvalue weighted by Gasteiger charge is 2.23. The first kappa shape index (κ1) is 16.0. The molecular formula is C16H21N3O3. The number of aryl methyl sites for hydroxylation is 1. The molecule has 1 fully saturated rings. The second-order valence-electron chi connectivity index (χ2n) is 5.49. The molecule has 0 saturated heterocycles. The van der Waals surface area contributed by atoms with E-state index < -0.39 is 0 Å². The third kappa shape index (κ3) is 5.55. The molecule has 2 rings (SSSR count). The highest BCUT2D eigenvalue weighted by Crippen LogP contribution is 2.18. The van der Waals surface area contributed by atoms with Gasteiger partial charge in [0.15, 0.2) is 0 Å². The van der Waals surface area contributed by atoms with Crippen molar-refractivity contribution in [2.24, 2.45) is 0 Å². The van der Waals surface area contributed by atoms with Crippen LogP contribution in [0.1, 0.15) is 35.2 Å². The summed E-state index contributed by atoms with van der Waals surface area (Å²) in [6.45, 7) is 2.14. The van der Waals surface area contributed by atoms with E-state index in [4.69, 9.17) is 0 Å². The smallest absolute Gasteiger partial charge is 0.251 e. The molecule has 0 atom stereocenters. The van der Waals surface area contributed by atoms with Crippen LogP contribution in [0.15, 0.2) is 24.3 Å². The van der Waals surface area contributed by atoms with Crippen molar-refractivity contribution in [1.29, 1.82) is 0 Å². The van der Waals surface area contributed by atoms with Crippen molar-refractivity contribution in [2.75, 3.05) is 13.1 Å². The lowest BCUT2D eigenvalue weighted by atomic mass is 10.1. The third-order valence-corrected chi connectivity index (χ3v) is 3.31. The maximum atomic E-state index is 11.9. The van der Waals surface area contributed by atoms with E-state index in [0.717, 1.165) is 18.4 Å². The Morgan fingerprint density at radius 1 is 1.14 bits per heavy atom. The number of carbonyl (C=O) groups is 3. The molecule has 0 aliphatic heterocycles. The lowest BCUT2D eigenvalue weighted by Gasteiger charge is -2.07. The van der Waals surface area contributed by atoms with E-state index in [2.05, 4.69) is 16.0 Å². The number of hydrogen-bond acceptors (Lipinski definition) is 3. The monoisotopic (exact) mass is 303 g/mol. The fraction of sp³-hybridized carbons (Fsp3) is 0.438. The van der Waals surface area contributed by atoms with Gasteiger partial charge in [-0.15, -0.1) is 0 Å². The van der Waals surface area contributed by atoms with Crippen LogP contribution in [0.3, 0.4) is 0 Å². The fourth-order valence-corrected chi connectivity index (χ4v) is 1.95. The molecule has 3 N–H and O–H groups in total. The standard InChI is InChI=1S/C16H21N3O3/c1-11-3-2-4-12(9-11)16(22)17-8-7-14(20)18-10-15(21)19-13-5-6-13/h2-4,9,13H,5-8,10H2,1H3,(H,17,22)(H,18,20)(H,19,21). The summed E-state index contributed by atoms with van der Waals surface area (Å²) >= 11 is 0. The van der Waals surface area contributed by atoms with Crippen LogP contribution in [0.4, 0.5) is 0 Å². The van der Waals surface area contributed by atoms with Gasteiger partial charge in [0.25, 0.3) is 5.91 Å². The average molecular weight is 303 g/mol. The normalized spacial score (nSPS) is 13.3. The van der Waals surface area contributed by atoms with Crippen molar-refractivity contribution in [1.82, 2.24) is 16.0 Å². The van der Waals surface area contributed by atoms with Gasteiger partial charge in [0.05, 0.1) is 6.54 Å². The predicted molar refractivity (Wildman–Crippen MR) is 82.3 cm³/mol. The molecule has 0 unspecified atom stereocenters. The highest BCUT2D eigenvalue weighted by atomic mass is 16.2. The highest BCUT2D eigenvalue weighted by molar-refractivity contribution is 5.94. The van der Waals surface area contributed by atoms with Gasteiger partial charge in [-0.2, -0.15) is 0 Å². The van der Waals surface area contributed by atoms with Crippen LogP contribution in [0.2, 0.25) is 0 Å². The molecule has 1 aromatic carbocycles. The molecule has 0 radical (unpaired) electrons. The third-order valence-electron chi connectivity index (χ3n) is 3.31. The first-order valence-corrected chi connectivity index (χ1v) is 7.45. The number of nitrogens with one attached hydrogen (secondary N) is 3. The molecule has 6 heteroatoms. The van der Waals surface area contributed by atoms with E-state index in [9.17, 15) is 14.4 Å². The predicted octanol–water partition coefficient (Wildman–Crippen LogP) is 0.510. The molecule has 1 aliphatic rings. The summed E-state index contributed by atoms with van der Waals surface area (Å²) in [5, 5.41) is 8.01. The van der Waals surface area contributed by atoms with Crippen LogP contribution in [-0.4, -0.2) is 36.9 Å². The van der Waals surface area contributed by atoms with E-state index >= 15 is 0 Å². The summed E-state index contributed by atoms with van der Waals surface area (Å²) in [4.78, 5) is 34.8. The number of benzene rings is 1. The van der Waals surface area contributed by atoms with Crippen molar-refractivity contribution in [2.45, 2.75) is 32.2 Å². The Balaban J connectivity index is 1.61. The second kappa shape index (κ2) is 7.59. The van der Waals surface area contributed by atoms with Gasteiger partial charge >= 0.3 is 0 Å². The van der Waals surface area contributed by atoms with Gasteiger partial charge in [-0.25, -0.2) is 0 Å². The number of rotatable bonds is 7. The fourth-order valence-electron chi connectivity index (χ4n) is 1.95. The van der Waals surface area contributed by atoms with Crippen molar-refractivity contribution < 1.29 is 14.4 Å². The van der Waals surface area contributed by atoms with Gasteiger partial charge in [-0.1, -0.05) is 17.7 Å². The van der Waals surface area contributed by atoms with E-state index in [1.165, 1.54) is 0 Å². The molecule has 3 amide bonds. The van der Waals surface area contributed by atoms with Crippen LogP contribution in [0.25, 0.3) is 0 Å². The van der Waals surface area contributed by atoms with Gasteiger partial charge in [0, 0.05) is 24.6 Å². The van der Waals surface area contributed by atoms with E-state index in [1.54, 1.807) is 12.1 Å². The van der Waals surface area contributed by atoms with Crippen molar-refractivity contribution in [3.05, 3.63) is 35.4 Å². The molecule has 22 heavy (non-hydrogen) atoms. The van der Waals surface area contributed by atoms with Crippen LogP contribution in [-0.2, 0) is 9.59 Å². The van der Waals surface area contributed by atoms with Crippen LogP contribution in [0.5, 0.6) is 0 Å². The minimum Gasteiger partial charge on any atom is -0.352 e. The van der Waals surface area contributed by atoms with Crippen molar-refractivity contribution in [3.63, 3.8) is 0 Å². The first-order valence-electron chi connectivity index (χ1n) is 7.45. The lowest BCUT2D eigenvalue weighted by molar-refractivity contribution is -0.126. The summed E-state index contributed by atoms with van der Waals surface area (Å²) < 4.78 is 0. The molecule has 6 nitrogen and oxygen atoms in total. The number of hydrogen-bond donors (Lipinski definition) is 3. The Hall–Kier alpha value is -2.37. The first-order chi connectivity index (χ1) is 10.5. The SMILES string of the molecule is Cc1cccc(C(=O)NCCC(=O)NCC(=O)NC2CC2)c1. The Labute approximate surface area is 129 Å². The maximum Gasteiger partial charge on any atom is 0.251 e. The molecule has 1 aromatic rings. The van der Waals surface area contributed by atoms with Gasteiger partial charge in [-0.05, 0) is 31.9 Å². The minimum atomic E-state index is -0.254. The lowest BCUT2D eigenvalue weighted by Crippen LogP contribution is -2.39. The Morgan fingerprint density at radius 2 is 1.91 bits per heavy atom. The van der Waals surface area contributed by atoms with Crippen molar-refractivity contribution in [3.8, 4) is 0 Å². The number of carbonyl (C=O) groups excluding carboxylic acids is 3. The van der Waals surface area contributed by atoms with Crippen LogP contribution in [0, 0.1) is 6.92 Å². The average Bonchev–Trinajstić information content (AvgIpc) is 3.29. The summed E-state index contributed by atoms with van der Waals surface area (Å²) in [5.41, 5.74) is 1.58. The van der Waals surface area contributed by atoms with E-state index in [-0.39, 0.29) is 43.3 Å². The zero-order chi connectivity index (χ0) is 15.9.